The van der Waals surface area contributed by atoms with Crippen molar-refractivity contribution < 1.29 is 19.1 Å². The molecule has 2 aliphatic heterocycles. The second-order valence-electron chi connectivity index (χ2n) is 8.09. The number of hydrogen-bond donors (Lipinski definition) is 2. The van der Waals surface area contributed by atoms with Gasteiger partial charge in [0, 0.05) is 58.5 Å². The van der Waals surface area contributed by atoms with Crippen molar-refractivity contribution in [3.63, 3.8) is 0 Å². The van der Waals surface area contributed by atoms with Crippen LogP contribution in [0, 0.1) is 0 Å². The molecular weight excluding hydrogens is 434 g/mol. The molecule has 2 fully saturated rings. The monoisotopic (exact) mass is 467 g/mol. The van der Waals surface area contributed by atoms with Crippen LogP contribution in [0.3, 0.4) is 0 Å². The topological polar surface area (TPSA) is 100 Å². The summed E-state index contributed by atoms with van der Waals surface area (Å²) >= 11 is 6.12. The second kappa shape index (κ2) is 11.1. The second-order valence-corrected chi connectivity index (χ2v) is 8.49. The number of benzene rings is 1. The van der Waals surface area contributed by atoms with Gasteiger partial charge in [0.25, 0.3) is 5.91 Å². The zero-order valence-electron chi connectivity index (χ0n) is 19.1. The number of nitrogens with two attached hydrogens (primary N) is 1. The summed E-state index contributed by atoms with van der Waals surface area (Å²) < 4.78 is 11.3. The van der Waals surface area contributed by atoms with E-state index in [1.807, 2.05) is 23.6 Å². The molecular formula is C22H34ClN5O4. The predicted molar refractivity (Wildman–Crippen MR) is 124 cm³/mol. The van der Waals surface area contributed by atoms with Gasteiger partial charge in [-0.05, 0) is 26.3 Å². The lowest BCUT2D eigenvalue weighted by Crippen LogP contribution is -2.56. The van der Waals surface area contributed by atoms with Crippen molar-refractivity contribution in [2.24, 2.45) is 0 Å². The van der Waals surface area contributed by atoms with Crippen LogP contribution in [0.2, 0.25) is 5.02 Å². The molecule has 0 aliphatic carbocycles. The first-order valence-corrected chi connectivity index (χ1v) is 11.6. The van der Waals surface area contributed by atoms with E-state index in [-0.39, 0.29) is 24.1 Å². The zero-order valence-corrected chi connectivity index (χ0v) is 19.9. The maximum absolute atomic E-state index is 13.0. The quantitative estimate of drug-likeness (QED) is 0.538. The number of likely N-dealkylation sites (N-methyl/N-ethyl adjacent to an activating group) is 1. The molecule has 3 amide bonds. The smallest absolute Gasteiger partial charge is 0.320 e. The van der Waals surface area contributed by atoms with Crippen molar-refractivity contribution in [1.29, 1.82) is 0 Å². The van der Waals surface area contributed by atoms with Crippen molar-refractivity contribution in [2.75, 3.05) is 65.3 Å². The van der Waals surface area contributed by atoms with Crippen LogP contribution < -0.4 is 15.8 Å². The number of urea groups is 1. The number of piperidine rings is 1. The lowest BCUT2D eigenvalue weighted by molar-refractivity contribution is -0.0164. The number of nitrogens with one attached hydrogen (secondary N) is 1. The summed E-state index contributed by atoms with van der Waals surface area (Å²) in [7, 11) is 1.49. The lowest BCUT2D eigenvalue weighted by Gasteiger charge is -2.39. The number of anilines is 1. The molecule has 0 radical (unpaired) electrons. The minimum atomic E-state index is -0.269. The molecule has 9 nitrogen and oxygen atoms in total. The van der Waals surface area contributed by atoms with Gasteiger partial charge in [0.2, 0.25) is 0 Å². The van der Waals surface area contributed by atoms with Gasteiger partial charge < -0.3 is 30.3 Å². The Hall–Kier alpha value is -2.23. The number of carbonyl (C=O) groups is 2. The molecule has 32 heavy (non-hydrogen) atoms. The number of likely N-dealkylation sites (tertiary alicyclic amines) is 1. The molecule has 10 heteroatoms. The van der Waals surface area contributed by atoms with Crippen LogP contribution >= 0.6 is 11.6 Å². The van der Waals surface area contributed by atoms with Gasteiger partial charge in [-0.25, -0.2) is 4.79 Å². The number of carbonyl (C=O) groups excluding carboxylic acids is 2. The number of methoxy groups -OCH3 is 1. The van der Waals surface area contributed by atoms with Crippen LogP contribution in [0.1, 0.15) is 30.6 Å². The first-order chi connectivity index (χ1) is 15.4. The predicted octanol–water partition coefficient (Wildman–Crippen LogP) is 1.90. The highest BCUT2D eigenvalue weighted by Gasteiger charge is 2.33. The van der Waals surface area contributed by atoms with Gasteiger partial charge >= 0.3 is 6.03 Å². The number of hydrogen-bond acceptors (Lipinski definition) is 6. The van der Waals surface area contributed by atoms with E-state index in [0.29, 0.717) is 41.7 Å². The summed E-state index contributed by atoms with van der Waals surface area (Å²) in [5.41, 5.74) is 6.53. The highest BCUT2D eigenvalue weighted by atomic mass is 35.5. The first kappa shape index (κ1) is 24.4. The van der Waals surface area contributed by atoms with Crippen molar-refractivity contribution in [2.45, 2.75) is 32.4 Å². The fourth-order valence-corrected chi connectivity index (χ4v) is 4.45. The van der Waals surface area contributed by atoms with Gasteiger partial charge in [0.1, 0.15) is 5.75 Å². The molecule has 1 aromatic carbocycles. The third kappa shape index (κ3) is 5.57. The van der Waals surface area contributed by atoms with E-state index >= 15 is 0 Å². The van der Waals surface area contributed by atoms with Crippen LogP contribution in [0.25, 0.3) is 0 Å². The minimum Gasteiger partial charge on any atom is -0.496 e. The van der Waals surface area contributed by atoms with Crippen molar-refractivity contribution in [3.05, 3.63) is 22.7 Å². The molecule has 2 unspecified atom stereocenters. The maximum Gasteiger partial charge on any atom is 0.320 e. The van der Waals surface area contributed by atoms with E-state index in [1.165, 1.54) is 13.2 Å². The molecule has 0 saturated carbocycles. The highest BCUT2D eigenvalue weighted by Crippen LogP contribution is 2.29. The lowest BCUT2D eigenvalue weighted by atomic mass is 10.0. The largest absolute Gasteiger partial charge is 0.496 e. The third-order valence-corrected chi connectivity index (χ3v) is 6.48. The van der Waals surface area contributed by atoms with Gasteiger partial charge in [-0.1, -0.05) is 11.6 Å². The summed E-state index contributed by atoms with van der Waals surface area (Å²) in [6.45, 7) is 9.81. The van der Waals surface area contributed by atoms with E-state index < -0.39 is 0 Å². The third-order valence-electron chi connectivity index (χ3n) is 6.15. The van der Waals surface area contributed by atoms with Crippen LogP contribution in [0.15, 0.2) is 12.1 Å². The highest BCUT2D eigenvalue weighted by molar-refractivity contribution is 6.33. The number of halogens is 1. The van der Waals surface area contributed by atoms with E-state index in [9.17, 15) is 9.59 Å². The molecule has 3 N–H and O–H groups in total. The van der Waals surface area contributed by atoms with Crippen LogP contribution in [-0.4, -0.2) is 98.3 Å². The number of nitrogen functional groups attached to an aromatic ring is 1. The van der Waals surface area contributed by atoms with Crippen LogP contribution in [0.4, 0.5) is 10.5 Å². The van der Waals surface area contributed by atoms with Crippen molar-refractivity contribution >= 4 is 29.2 Å². The van der Waals surface area contributed by atoms with Crippen molar-refractivity contribution in [1.82, 2.24) is 20.0 Å². The fraction of sp³-hybridized carbons (Fsp3) is 0.636. The first-order valence-electron chi connectivity index (χ1n) is 11.2. The van der Waals surface area contributed by atoms with Crippen LogP contribution in [0.5, 0.6) is 5.75 Å². The summed E-state index contributed by atoms with van der Waals surface area (Å²) in [4.78, 5) is 31.4. The average Bonchev–Trinajstić information content (AvgIpc) is 3.14. The van der Waals surface area contributed by atoms with Crippen molar-refractivity contribution in [3.8, 4) is 5.75 Å². The Morgan fingerprint density at radius 3 is 2.62 bits per heavy atom. The normalized spacial score (nSPS) is 21.8. The van der Waals surface area contributed by atoms with Gasteiger partial charge in [-0.15, -0.1) is 0 Å². The Morgan fingerprint density at radius 2 is 1.97 bits per heavy atom. The number of amides is 3. The molecule has 0 aromatic heterocycles. The molecule has 1 aromatic rings. The summed E-state index contributed by atoms with van der Waals surface area (Å²) in [5, 5.41) is 3.40. The van der Waals surface area contributed by atoms with E-state index in [2.05, 4.69) is 10.2 Å². The maximum atomic E-state index is 13.0. The minimum absolute atomic E-state index is 0.118. The number of ether oxygens (including phenoxy) is 2. The van der Waals surface area contributed by atoms with E-state index in [1.54, 1.807) is 6.07 Å². The average molecular weight is 468 g/mol. The Labute approximate surface area is 194 Å². The summed E-state index contributed by atoms with van der Waals surface area (Å²) in [6, 6.07) is 3.07. The molecule has 2 atom stereocenters. The Kier molecular flexibility index (Phi) is 8.44. The molecule has 2 heterocycles. The fourth-order valence-electron chi connectivity index (χ4n) is 4.29. The molecule has 0 spiro atoms. The van der Waals surface area contributed by atoms with Gasteiger partial charge in [0.15, 0.2) is 0 Å². The molecule has 0 bridgehead atoms. The number of nitrogens with zero attached hydrogens (tertiary/aromatic N) is 3. The zero-order chi connectivity index (χ0) is 23.3. The molecule has 3 rings (SSSR count). The van der Waals surface area contributed by atoms with E-state index in [0.717, 1.165) is 39.1 Å². The standard InChI is InChI=1S/C22H34ClN5O4/c1-4-27-10-11-28(22(27)30)9-8-26-7-6-18(20(14-26)32-5-2)25-21(29)15-12-16(23)17(24)13-19(15)31-3/h12-13,18,20H,4-11,14,24H2,1-3H3,(H,25,29). The molecule has 178 valence electrons. The van der Waals surface area contributed by atoms with E-state index in [4.69, 9.17) is 26.8 Å². The summed E-state index contributed by atoms with van der Waals surface area (Å²) in [5.74, 6) is 0.112. The van der Waals surface area contributed by atoms with Gasteiger partial charge in [-0.3, -0.25) is 9.69 Å². The number of rotatable bonds is 9. The van der Waals surface area contributed by atoms with Gasteiger partial charge in [0.05, 0.1) is 35.5 Å². The Morgan fingerprint density at radius 1 is 1.22 bits per heavy atom. The molecule has 2 aliphatic rings. The SMILES string of the molecule is CCOC1CN(CCN2CCN(CC)C2=O)CCC1NC(=O)c1cc(Cl)c(N)cc1OC. The Balaban J connectivity index is 1.59. The Bertz CT molecular complexity index is 824. The summed E-state index contributed by atoms with van der Waals surface area (Å²) in [6.07, 6.45) is 0.602. The molecule has 2 saturated heterocycles. The van der Waals surface area contributed by atoms with Gasteiger partial charge in [-0.2, -0.15) is 0 Å². The van der Waals surface area contributed by atoms with Crippen LogP contribution in [-0.2, 0) is 4.74 Å².